The van der Waals surface area contributed by atoms with Crippen molar-refractivity contribution in [3.8, 4) is 0 Å². The molecule has 1 amide bonds. The van der Waals surface area contributed by atoms with Gasteiger partial charge in [-0.1, -0.05) is 13.8 Å². The molecule has 2 N–H and O–H groups in total. The fourth-order valence-corrected chi connectivity index (χ4v) is 2.25. The second-order valence-corrected chi connectivity index (χ2v) is 5.99. The van der Waals surface area contributed by atoms with Crippen LogP contribution >= 0.6 is 0 Å². The Labute approximate surface area is 126 Å². The molecule has 1 aliphatic heterocycles. The van der Waals surface area contributed by atoms with E-state index in [-0.39, 0.29) is 17.9 Å². The molecule has 0 radical (unpaired) electrons. The van der Waals surface area contributed by atoms with E-state index in [0.717, 1.165) is 25.9 Å². The van der Waals surface area contributed by atoms with E-state index in [1.165, 1.54) is 0 Å². The second-order valence-electron chi connectivity index (χ2n) is 5.99. The van der Waals surface area contributed by atoms with Gasteiger partial charge in [0.2, 0.25) is 5.91 Å². The number of hydrogen-bond acceptors (Lipinski definition) is 4. The number of carboxylic acid groups (broad SMARTS) is 1. The van der Waals surface area contributed by atoms with Gasteiger partial charge in [0.05, 0.1) is 12.7 Å². The Kier molecular flexibility index (Phi) is 7.67. The van der Waals surface area contributed by atoms with E-state index < -0.39 is 18.1 Å². The maximum absolute atomic E-state index is 12.0. The molecule has 2 unspecified atom stereocenters. The Morgan fingerprint density at radius 2 is 2.05 bits per heavy atom. The van der Waals surface area contributed by atoms with Gasteiger partial charge in [-0.15, -0.1) is 0 Å². The van der Waals surface area contributed by atoms with Crippen molar-refractivity contribution in [2.75, 3.05) is 13.2 Å². The molecule has 0 spiro atoms. The van der Waals surface area contributed by atoms with Gasteiger partial charge in [-0.05, 0) is 38.5 Å². The first-order valence-electron chi connectivity index (χ1n) is 7.66. The van der Waals surface area contributed by atoms with E-state index in [1.807, 2.05) is 13.8 Å². The number of hydrogen-bond donors (Lipinski definition) is 2. The SMILES string of the molecule is CC(C)C[C@H](NC(=O)C(C)OCC1CCCCO1)C(=O)O. The van der Waals surface area contributed by atoms with Crippen molar-refractivity contribution >= 4 is 11.9 Å². The molecule has 1 rings (SSSR count). The lowest BCUT2D eigenvalue weighted by Crippen LogP contribution is -2.46. The van der Waals surface area contributed by atoms with E-state index in [1.54, 1.807) is 6.92 Å². The molecule has 122 valence electrons. The highest BCUT2D eigenvalue weighted by molar-refractivity contribution is 5.86. The largest absolute Gasteiger partial charge is 0.480 e. The van der Waals surface area contributed by atoms with E-state index in [0.29, 0.717) is 13.0 Å². The zero-order valence-corrected chi connectivity index (χ0v) is 13.1. The van der Waals surface area contributed by atoms with Gasteiger partial charge in [0.15, 0.2) is 0 Å². The average Bonchev–Trinajstić information content (AvgIpc) is 2.44. The molecule has 1 fully saturated rings. The molecule has 0 bridgehead atoms. The van der Waals surface area contributed by atoms with Gasteiger partial charge in [-0.25, -0.2) is 4.79 Å². The summed E-state index contributed by atoms with van der Waals surface area (Å²) in [5, 5.41) is 11.6. The molecule has 1 heterocycles. The zero-order valence-electron chi connectivity index (χ0n) is 13.1. The summed E-state index contributed by atoms with van der Waals surface area (Å²) in [7, 11) is 0. The van der Waals surface area contributed by atoms with Crippen LogP contribution in [0, 0.1) is 5.92 Å². The molecular formula is C15H27NO5. The summed E-state index contributed by atoms with van der Waals surface area (Å²) < 4.78 is 11.0. The zero-order chi connectivity index (χ0) is 15.8. The molecule has 3 atom stereocenters. The lowest BCUT2D eigenvalue weighted by atomic mass is 10.0. The average molecular weight is 301 g/mol. The van der Waals surface area contributed by atoms with E-state index >= 15 is 0 Å². The fraction of sp³-hybridized carbons (Fsp3) is 0.867. The van der Waals surface area contributed by atoms with Crippen LogP contribution in [0.5, 0.6) is 0 Å². The molecule has 0 aromatic heterocycles. The molecule has 1 saturated heterocycles. The standard InChI is InChI=1S/C15H27NO5/c1-10(2)8-13(15(18)19)16-14(17)11(3)21-9-12-6-4-5-7-20-12/h10-13H,4-9H2,1-3H3,(H,16,17)(H,18,19)/t11?,12?,13-/m0/s1. The summed E-state index contributed by atoms with van der Waals surface area (Å²) in [5.74, 6) is -1.21. The Balaban J connectivity index is 2.35. The van der Waals surface area contributed by atoms with E-state index in [2.05, 4.69) is 5.32 Å². The maximum atomic E-state index is 12.0. The molecule has 0 saturated carbocycles. The van der Waals surface area contributed by atoms with Gasteiger partial charge in [-0.2, -0.15) is 0 Å². The molecule has 0 aromatic carbocycles. The summed E-state index contributed by atoms with van der Waals surface area (Å²) in [6.07, 6.45) is 2.90. The van der Waals surface area contributed by atoms with Gasteiger partial charge in [-0.3, -0.25) is 4.79 Å². The normalized spacial score (nSPS) is 21.8. The number of ether oxygens (including phenoxy) is 2. The molecule has 1 aliphatic rings. The lowest BCUT2D eigenvalue weighted by molar-refractivity contribution is -0.145. The highest BCUT2D eigenvalue weighted by Gasteiger charge is 2.25. The van der Waals surface area contributed by atoms with Gasteiger partial charge in [0.1, 0.15) is 12.1 Å². The number of carbonyl (C=O) groups excluding carboxylic acids is 1. The molecule has 6 nitrogen and oxygen atoms in total. The fourth-order valence-electron chi connectivity index (χ4n) is 2.25. The quantitative estimate of drug-likeness (QED) is 0.711. The van der Waals surface area contributed by atoms with Gasteiger partial charge < -0.3 is 19.9 Å². The van der Waals surface area contributed by atoms with E-state index in [4.69, 9.17) is 14.6 Å². The molecule has 21 heavy (non-hydrogen) atoms. The van der Waals surface area contributed by atoms with Crippen molar-refractivity contribution in [3.63, 3.8) is 0 Å². The van der Waals surface area contributed by atoms with Crippen molar-refractivity contribution in [3.05, 3.63) is 0 Å². The number of carbonyl (C=O) groups is 2. The summed E-state index contributed by atoms with van der Waals surface area (Å²) in [6.45, 7) is 6.58. The maximum Gasteiger partial charge on any atom is 0.326 e. The lowest BCUT2D eigenvalue weighted by Gasteiger charge is -2.24. The number of nitrogens with one attached hydrogen (secondary N) is 1. The van der Waals surface area contributed by atoms with Gasteiger partial charge >= 0.3 is 5.97 Å². The molecule has 0 aromatic rings. The van der Waals surface area contributed by atoms with Crippen LogP contribution < -0.4 is 5.32 Å². The van der Waals surface area contributed by atoms with Gasteiger partial charge in [0.25, 0.3) is 0 Å². The van der Waals surface area contributed by atoms with Crippen molar-refractivity contribution in [2.45, 2.75) is 64.7 Å². The van der Waals surface area contributed by atoms with Crippen LogP contribution in [0.3, 0.4) is 0 Å². The van der Waals surface area contributed by atoms with Crippen LogP contribution in [0.4, 0.5) is 0 Å². The minimum absolute atomic E-state index is 0.0416. The van der Waals surface area contributed by atoms with Crippen LogP contribution in [-0.2, 0) is 19.1 Å². The number of aliphatic carboxylic acids is 1. The van der Waals surface area contributed by atoms with Crippen LogP contribution in [0.15, 0.2) is 0 Å². The first kappa shape index (κ1) is 17.9. The molecule has 6 heteroatoms. The first-order chi connectivity index (χ1) is 9.90. The van der Waals surface area contributed by atoms with Crippen molar-refractivity contribution < 1.29 is 24.2 Å². The van der Waals surface area contributed by atoms with Crippen LogP contribution in [0.25, 0.3) is 0 Å². The van der Waals surface area contributed by atoms with E-state index in [9.17, 15) is 9.59 Å². The Hall–Kier alpha value is -1.14. The van der Waals surface area contributed by atoms with Crippen LogP contribution in [0.1, 0.15) is 46.5 Å². The minimum atomic E-state index is -1.01. The molecule has 0 aliphatic carbocycles. The number of carboxylic acids is 1. The summed E-state index contributed by atoms with van der Waals surface area (Å²) in [4.78, 5) is 23.1. The number of rotatable bonds is 8. The van der Waals surface area contributed by atoms with Crippen molar-refractivity contribution in [1.82, 2.24) is 5.32 Å². The van der Waals surface area contributed by atoms with Crippen molar-refractivity contribution in [2.24, 2.45) is 5.92 Å². The predicted molar refractivity (Wildman–Crippen MR) is 78.0 cm³/mol. The minimum Gasteiger partial charge on any atom is -0.480 e. The third-order valence-electron chi connectivity index (χ3n) is 3.50. The van der Waals surface area contributed by atoms with Crippen molar-refractivity contribution in [1.29, 1.82) is 0 Å². The Morgan fingerprint density at radius 3 is 2.57 bits per heavy atom. The van der Waals surface area contributed by atoms with Crippen LogP contribution in [0.2, 0.25) is 0 Å². The third-order valence-corrected chi connectivity index (χ3v) is 3.50. The highest BCUT2D eigenvalue weighted by Crippen LogP contribution is 2.13. The Bertz CT molecular complexity index is 339. The first-order valence-corrected chi connectivity index (χ1v) is 7.66. The summed E-state index contributed by atoms with van der Waals surface area (Å²) in [5.41, 5.74) is 0. The highest BCUT2D eigenvalue weighted by atomic mass is 16.5. The topological polar surface area (TPSA) is 84.9 Å². The summed E-state index contributed by atoms with van der Waals surface area (Å²) >= 11 is 0. The third kappa shape index (κ3) is 6.91. The monoisotopic (exact) mass is 301 g/mol. The second kappa shape index (κ2) is 9.00. The Morgan fingerprint density at radius 1 is 1.33 bits per heavy atom. The van der Waals surface area contributed by atoms with Crippen LogP contribution in [-0.4, -0.2) is 48.4 Å². The molecular weight excluding hydrogens is 274 g/mol. The number of amides is 1. The summed E-state index contributed by atoms with van der Waals surface area (Å²) in [6, 6.07) is -0.866. The smallest absolute Gasteiger partial charge is 0.326 e. The predicted octanol–water partition coefficient (Wildman–Crippen LogP) is 1.58. The van der Waals surface area contributed by atoms with Gasteiger partial charge in [0, 0.05) is 6.61 Å².